The maximum absolute atomic E-state index is 14.1. The molecule has 0 aromatic heterocycles. The monoisotopic (exact) mass is 884 g/mol. The first kappa shape index (κ1) is 50.4. The Kier molecular flexibility index (Phi) is 19.2. The van der Waals surface area contributed by atoms with Crippen LogP contribution < -0.4 is 18.9 Å². The first-order valence-electron chi connectivity index (χ1n) is 22.0. The molecular weight excluding hydrogens is 817 g/mol. The molecule has 0 amide bonds. The second-order valence-electron chi connectivity index (χ2n) is 17.0. The number of unbranched alkanes of at least 4 members (excludes halogenated alkanes) is 2. The minimum Gasteiger partial charge on any atom is -0.493 e. The van der Waals surface area contributed by atoms with Crippen molar-refractivity contribution in [3.05, 3.63) is 47.5 Å². The zero-order valence-corrected chi connectivity index (χ0v) is 38.4. The lowest BCUT2D eigenvalue weighted by Gasteiger charge is -2.41. The lowest BCUT2D eigenvalue weighted by Crippen LogP contribution is -2.56. The Bertz CT molecular complexity index is 1770. The van der Waals surface area contributed by atoms with Gasteiger partial charge in [0.1, 0.15) is 11.8 Å². The number of benzene rings is 2. The lowest BCUT2D eigenvalue weighted by atomic mass is 9.91. The van der Waals surface area contributed by atoms with Gasteiger partial charge in [0.05, 0.1) is 108 Å². The molecule has 2 heterocycles. The Balaban J connectivity index is 1.40. The van der Waals surface area contributed by atoms with Gasteiger partial charge in [-0.3, -0.25) is 28.8 Å². The van der Waals surface area contributed by atoms with Gasteiger partial charge >= 0.3 is 23.9 Å². The molecule has 348 valence electrons. The van der Waals surface area contributed by atoms with Crippen LogP contribution >= 0.6 is 0 Å². The van der Waals surface area contributed by atoms with E-state index in [1.165, 1.54) is 28.4 Å². The molecule has 16 nitrogen and oxygen atoms in total. The van der Waals surface area contributed by atoms with E-state index in [1.807, 2.05) is 14.1 Å². The second kappa shape index (κ2) is 24.0. The van der Waals surface area contributed by atoms with Gasteiger partial charge < -0.3 is 46.9 Å². The van der Waals surface area contributed by atoms with Crippen molar-refractivity contribution in [3.63, 3.8) is 0 Å². The SMILES string of the molecule is CCOC(=O)C1CCC[N+](C)(CC(C(=O)OCCCCCOC(=O)C(C[N+]2(C)CCCC(C(=O)OCC)C2)C(=O)c2ccc(OC)c(OC)c2)C(=O)c2ccc(OC)c(OC)c2)C1. The average Bonchev–Trinajstić information content (AvgIpc) is 3.28. The third kappa shape index (κ3) is 13.9. The molecule has 16 heteroatoms. The van der Waals surface area contributed by atoms with E-state index in [1.54, 1.807) is 50.2 Å². The number of methoxy groups -OCH3 is 4. The number of ketones is 2. The highest BCUT2D eigenvalue weighted by molar-refractivity contribution is 6.09. The number of esters is 4. The van der Waals surface area contributed by atoms with E-state index >= 15 is 0 Å². The average molecular weight is 885 g/mol. The minimum absolute atomic E-state index is 0.0234. The van der Waals surface area contributed by atoms with Crippen LogP contribution in [0, 0.1) is 23.7 Å². The number of likely N-dealkylation sites (tertiary alicyclic amines) is 2. The van der Waals surface area contributed by atoms with E-state index in [2.05, 4.69) is 0 Å². The van der Waals surface area contributed by atoms with Gasteiger partial charge in [0.2, 0.25) is 0 Å². The lowest BCUT2D eigenvalue weighted by molar-refractivity contribution is -0.917. The van der Waals surface area contributed by atoms with E-state index in [4.69, 9.17) is 37.9 Å². The molecular formula is C47H68N2O14+2. The molecule has 2 saturated heterocycles. The molecule has 0 aliphatic carbocycles. The molecule has 0 spiro atoms. The normalized spacial score (nSPS) is 21.8. The number of nitrogens with zero attached hydrogens (tertiary/aromatic N) is 2. The van der Waals surface area contributed by atoms with Crippen LogP contribution in [0.3, 0.4) is 0 Å². The fraction of sp³-hybridized carbons (Fsp3) is 0.617. The molecule has 0 N–H and O–H groups in total. The van der Waals surface area contributed by atoms with Gasteiger partial charge in [-0.15, -0.1) is 0 Å². The number of carbonyl (C=O) groups is 6. The number of piperidine rings is 2. The van der Waals surface area contributed by atoms with Crippen LogP contribution in [-0.4, -0.2) is 153 Å². The van der Waals surface area contributed by atoms with Gasteiger partial charge in [-0.05, 0) is 95.2 Å². The van der Waals surface area contributed by atoms with Gasteiger partial charge in [0.25, 0.3) is 0 Å². The first-order valence-corrected chi connectivity index (χ1v) is 22.0. The topological polar surface area (TPSA) is 176 Å². The van der Waals surface area contributed by atoms with Gasteiger partial charge in [-0.25, -0.2) is 0 Å². The highest BCUT2D eigenvalue weighted by Gasteiger charge is 2.44. The molecule has 63 heavy (non-hydrogen) atoms. The Morgan fingerprint density at radius 1 is 0.556 bits per heavy atom. The number of hydrogen-bond acceptors (Lipinski definition) is 14. The molecule has 0 bridgehead atoms. The van der Waals surface area contributed by atoms with Crippen molar-refractivity contribution in [2.45, 2.75) is 58.8 Å². The predicted molar refractivity (Wildman–Crippen MR) is 231 cm³/mol. The van der Waals surface area contributed by atoms with Gasteiger partial charge in [-0.1, -0.05) is 0 Å². The number of quaternary nitrogens is 2. The maximum Gasteiger partial charge on any atom is 0.322 e. The summed E-state index contributed by atoms with van der Waals surface area (Å²) >= 11 is 0. The van der Waals surface area contributed by atoms with Crippen LogP contribution in [0.15, 0.2) is 36.4 Å². The summed E-state index contributed by atoms with van der Waals surface area (Å²) in [5.74, 6) is -4.20. The largest absolute Gasteiger partial charge is 0.493 e. The summed E-state index contributed by atoms with van der Waals surface area (Å²) in [7, 11) is 9.80. The van der Waals surface area contributed by atoms with Crippen molar-refractivity contribution in [1.29, 1.82) is 0 Å². The number of rotatable bonds is 24. The van der Waals surface area contributed by atoms with Crippen LogP contribution in [0.25, 0.3) is 0 Å². The summed E-state index contributed by atoms with van der Waals surface area (Å²) in [6.45, 7) is 6.56. The number of ether oxygens (including phenoxy) is 8. The van der Waals surface area contributed by atoms with E-state index < -0.39 is 35.3 Å². The predicted octanol–water partition coefficient (Wildman–Crippen LogP) is 5.12. The van der Waals surface area contributed by atoms with Crippen molar-refractivity contribution in [3.8, 4) is 23.0 Å². The summed E-state index contributed by atoms with van der Waals surface area (Å²) in [6, 6.07) is 9.48. The highest BCUT2D eigenvalue weighted by Crippen LogP contribution is 2.33. The zero-order valence-electron chi connectivity index (χ0n) is 38.4. The van der Waals surface area contributed by atoms with E-state index in [9.17, 15) is 28.8 Å². The van der Waals surface area contributed by atoms with Crippen molar-refractivity contribution in [2.75, 3.05) is 108 Å². The standard InChI is InChI=1S/C47H68N2O14/c1-9-60-44(52)34-16-14-22-48(3,28-34)30-36(42(50)32-18-20-38(56-5)40(26-32)58-7)46(54)62-24-12-11-13-25-63-47(55)37(43(51)33-19-21-39(57-6)41(27-33)59-8)31-49(4)23-15-17-35(29-49)45(53)61-10-2/h18-21,26-27,34-37H,9-17,22-25,28-31H2,1-8H3/q+2. The summed E-state index contributed by atoms with van der Waals surface area (Å²) < 4.78 is 44.3. The zero-order chi connectivity index (χ0) is 46.2. The Morgan fingerprint density at radius 3 is 1.29 bits per heavy atom. The van der Waals surface area contributed by atoms with E-state index in [0.29, 0.717) is 90.2 Å². The summed E-state index contributed by atoms with van der Waals surface area (Å²) in [6.07, 6.45) is 4.18. The smallest absolute Gasteiger partial charge is 0.322 e. The van der Waals surface area contributed by atoms with Gasteiger partial charge in [0, 0.05) is 11.1 Å². The summed E-state index contributed by atoms with van der Waals surface area (Å²) in [5.41, 5.74) is 0.528. The molecule has 6 unspecified atom stereocenters. The van der Waals surface area contributed by atoms with Crippen LogP contribution in [-0.2, 0) is 38.1 Å². The molecule has 0 radical (unpaired) electrons. The van der Waals surface area contributed by atoms with Crippen molar-refractivity contribution in [2.24, 2.45) is 23.7 Å². The Morgan fingerprint density at radius 2 is 0.937 bits per heavy atom. The van der Waals surface area contributed by atoms with Crippen LogP contribution in [0.4, 0.5) is 0 Å². The second-order valence-corrected chi connectivity index (χ2v) is 17.0. The fourth-order valence-electron chi connectivity index (χ4n) is 8.82. The summed E-state index contributed by atoms with van der Waals surface area (Å²) in [4.78, 5) is 81.2. The molecule has 2 aromatic rings. The van der Waals surface area contributed by atoms with Crippen LogP contribution in [0.2, 0.25) is 0 Å². The van der Waals surface area contributed by atoms with E-state index in [0.717, 1.165) is 12.8 Å². The Hall–Kier alpha value is -5.22. The Labute approximate surface area is 371 Å². The van der Waals surface area contributed by atoms with Crippen molar-refractivity contribution >= 4 is 35.4 Å². The maximum atomic E-state index is 14.1. The quantitative estimate of drug-likeness (QED) is 0.0339. The third-order valence-corrected chi connectivity index (χ3v) is 12.1. The minimum atomic E-state index is -1.16. The van der Waals surface area contributed by atoms with Crippen LogP contribution in [0.1, 0.15) is 79.5 Å². The van der Waals surface area contributed by atoms with Crippen molar-refractivity contribution < 1.29 is 75.6 Å². The fourth-order valence-corrected chi connectivity index (χ4v) is 8.82. The summed E-state index contributed by atoms with van der Waals surface area (Å²) in [5, 5.41) is 0. The molecule has 2 aromatic carbocycles. The number of Topliss-reactive ketones (excluding diaryl/α,β-unsaturated/α-hetero) is 2. The third-order valence-electron chi connectivity index (χ3n) is 12.1. The number of hydrogen-bond donors (Lipinski definition) is 0. The number of carbonyl (C=O) groups excluding carboxylic acids is 6. The van der Waals surface area contributed by atoms with Gasteiger partial charge in [0.15, 0.2) is 46.4 Å². The van der Waals surface area contributed by atoms with Gasteiger partial charge in [-0.2, -0.15) is 0 Å². The molecule has 2 fully saturated rings. The van der Waals surface area contributed by atoms with Crippen molar-refractivity contribution in [1.82, 2.24) is 0 Å². The molecule has 2 aliphatic rings. The first-order chi connectivity index (χ1) is 30.1. The molecule has 6 atom stereocenters. The molecule has 4 rings (SSSR count). The molecule has 0 saturated carbocycles. The van der Waals surface area contributed by atoms with Crippen LogP contribution in [0.5, 0.6) is 23.0 Å². The molecule has 2 aliphatic heterocycles. The highest BCUT2D eigenvalue weighted by atomic mass is 16.5. The van der Waals surface area contributed by atoms with E-state index in [-0.39, 0.29) is 74.4 Å².